The van der Waals surface area contributed by atoms with Gasteiger partial charge in [0.05, 0.1) is 0 Å². The van der Waals surface area contributed by atoms with Gasteiger partial charge in [-0.2, -0.15) is 0 Å². The molecule has 0 amide bonds. The zero-order valence-corrected chi connectivity index (χ0v) is 6.32. The molecular weight excluding hydrogens is 139 g/mol. The maximum atomic E-state index is 10.3. The van der Waals surface area contributed by atoms with Crippen molar-refractivity contribution in [3.63, 3.8) is 0 Å². The summed E-state index contributed by atoms with van der Waals surface area (Å²) >= 11 is 0. The van der Waals surface area contributed by atoms with E-state index in [9.17, 15) is 4.21 Å². The van der Waals surface area contributed by atoms with Crippen LogP contribution in [0.3, 0.4) is 0 Å². The van der Waals surface area contributed by atoms with Crippen molar-refractivity contribution >= 4 is 27.9 Å². The molecule has 0 aromatic heterocycles. The quantitative estimate of drug-likeness (QED) is 0.331. The molecule has 0 saturated carbocycles. The third-order valence-electron chi connectivity index (χ3n) is 0.431. The SMILES string of the molecule is CC[SH](=O)(P)Cl. The van der Waals surface area contributed by atoms with Crippen LogP contribution < -0.4 is 0 Å². The lowest BCUT2D eigenvalue weighted by molar-refractivity contribution is 0.689. The minimum atomic E-state index is -2.26. The van der Waals surface area contributed by atoms with Crippen molar-refractivity contribution in [3.05, 3.63) is 0 Å². The van der Waals surface area contributed by atoms with E-state index < -0.39 is 8.77 Å². The molecule has 0 bridgehead atoms. The van der Waals surface area contributed by atoms with Gasteiger partial charge in [0.15, 0.2) is 0 Å². The zero-order chi connectivity index (χ0) is 5.21. The highest BCUT2D eigenvalue weighted by atomic mass is 35.7. The second-order valence-electron chi connectivity index (χ2n) is 1.02. The highest BCUT2D eigenvalue weighted by Crippen LogP contribution is 2.17. The summed E-state index contributed by atoms with van der Waals surface area (Å²) in [5.74, 6) is 0.555. The van der Waals surface area contributed by atoms with Crippen molar-refractivity contribution in [2.75, 3.05) is 5.75 Å². The van der Waals surface area contributed by atoms with E-state index in [4.69, 9.17) is 10.7 Å². The van der Waals surface area contributed by atoms with Crippen molar-refractivity contribution in [2.24, 2.45) is 0 Å². The summed E-state index contributed by atoms with van der Waals surface area (Å²) in [5.41, 5.74) is 0. The number of hydrogen-bond acceptors (Lipinski definition) is 1. The summed E-state index contributed by atoms with van der Waals surface area (Å²) in [6.45, 7) is 1.79. The Bertz CT molecular complexity index is 77.6. The van der Waals surface area contributed by atoms with Crippen molar-refractivity contribution in [1.29, 1.82) is 0 Å². The van der Waals surface area contributed by atoms with E-state index in [1.54, 1.807) is 6.92 Å². The van der Waals surface area contributed by atoms with Gasteiger partial charge in [-0.3, -0.25) is 4.21 Å². The van der Waals surface area contributed by atoms with Gasteiger partial charge in [-0.25, -0.2) is 0 Å². The highest BCUT2D eigenvalue weighted by Gasteiger charge is 1.93. The second-order valence-corrected chi connectivity index (χ2v) is 8.26. The van der Waals surface area contributed by atoms with Gasteiger partial charge in [0.2, 0.25) is 0 Å². The van der Waals surface area contributed by atoms with Gasteiger partial charge < -0.3 is 0 Å². The largest absolute Gasteiger partial charge is 0.267 e. The zero-order valence-electron chi connectivity index (χ0n) is 3.52. The van der Waals surface area contributed by atoms with Crippen LogP contribution in [0.25, 0.3) is 0 Å². The first-order chi connectivity index (χ1) is 2.56. The minimum Gasteiger partial charge on any atom is -0.267 e. The van der Waals surface area contributed by atoms with Crippen molar-refractivity contribution in [2.45, 2.75) is 6.92 Å². The van der Waals surface area contributed by atoms with Crippen molar-refractivity contribution < 1.29 is 4.21 Å². The predicted octanol–water partition coefficient (Wildman–Crippen LogP) is 0.967. The Balaban J connectivity index is 3.48. The molecule has 0 N–H and O–H groups in total. The molecular formula is C2H8ClOPS. The van der Waals surface area contributed by atoms with Gasteiger partial charge in [0.1, 0.15) is 0 Å². The van der Waals surface area contributed by atoms with Crippen LogP contribution in [0, 0.1) is 0 Å². The molecule has 1 nitrogen and oxygen atoms in total. The molecule has 0 saturated heterocycles. The molecule has 0 aliphatic carbocycles. The van der Waals surface area contributed by atoms with E-state index in [1.165, 1.54) is 0 Å². The molecule has 0 aromatic rings. The molecule has 0 heterocycles. The lowest BCUT2D eigenvalue weighted by Gasteiger charge is -2.00. The Labute approximate surface area is 45.3 Å². The highest BCUT2D eigenvalue weighted by molar-refractivity contribution is 8.58. The van der Waals surface area contributed by atoms with Gasteiger partial charge in [-0.15, -0.1) is 0 Å². The molecule has 40 valence electrons. The van der Waals surface area contributed by atoms with E-state index in [-0.39, 0.29) is 0 Å². The van der Waals surface area contributed by atoms with Crippen molar-refractivity contribution in [3.8, 4) is 0 Å². The predicted molar refractivity (Wildman–Crippen MR) is 35.6 cm³/mol. The third-order valence-corrected chi connectivity index (χ3v) is 3.11. The van der Waals surface area contributed by atoms with Crippen LogP contribution in [-0.4, -0.2) is 9.96 Å². The number of hydrogen-bond donors (Lipinski definition) is 1. The standard InChI is InChI=1S/C2H8ClOPS/c1-2-6(3,4)5/h6H,2,5H2,1H3. The van der Waals surface area contributed by atoms with E-state index in [0.717, 1.165) is 0 Å². The smallest absolute Gasteiger partial charge is 0.0136 e. The summed E-state index contributed by atoms with van der Waals surface area (Å²) in [6.07, 6.45) is 0. The Morgan fingerprint density at radius 3 is 2.17 bits per heavy atom. The summed E-state index contributed by atoms with van der Waals surface area (Å²) in [6, 6.07) is 0. The molecule has 0 aromatic carbocycles. The molecule has 1 unspecified atom stereocenters. The van der Waals surface area contributed by atoms with Crippen LogP contribution in [0.4, 0.5) is 0 Å². The molecule has 0 spiro atoms. The first-order valence-corrected chi connectivity index (χ1v) is 6.05. The fraction of sp³-hybridized carbons (Fsp3) is 1.00. The second kappa shape index (κ2) is 2.25. The lowest BCUT2D eigenvalue weighted by atomic mass is 11.0. The average molecular weight is 147 g/mol. The van der Waals surface area contributed by atoms with Crippen LogP contribution in [0.2, 0.25) is 0 Å². The lowest BCUT2D eigenvalue weighted by Crippen LogP contribution is -1.90. The molecule has 0 rings (SSSR count). The first kappa shape index (κ1) is 6.87. The number of rotatable bonds is 1. The number of halogens is 1. The Morgan fingerprint density at radius 2 is 2.17 bits per heavy atom. The van der Waals surface area contributed by atoms with Gasteiger partial charge in [0, 0.05) is 5.75 Å². The third kappa shape index (κ3) is 4.87. The summed E-state index contributed by atoms with van der Waals surface area (Å²) in [4.78, 5) is 0. The van der Waals surface area contributed by atoms with Gasteiger partial charge in [0.25, 0.3) is 0 Å². The Hall–Kier alpha value is 0.870. The number of thiol groups is 1. The van der Waals surface area contributed by atoms with E-state index in [1.807, 2.05) is 0 Å². The maximum absolute atomic E-state index is 10.3. The normalized spacial score (nSPS) is 14.5. The van der Waals surface area contributed by atoms with Crippen LogP contribution in [0.1, 0.15) is 6.92 Å². The van der Waals surface area contributed by atoms with Gasteiger partial charge in [-0.05, 0) is 19.4 Å². The molecule has 6 heavy (non-hydrogen) atoms. The first-order valence-electron chi connectivity index (χ1n) is 1.63. The Morgan fingerprint density at radius 1 is 2.00 bits per heavy atom. The maximum Gasteiger partial charge on any atom is 0.0136 e. The van der Waals surface area contributed by atoms with Crippen LogP contribution in [-0.2, 0) is 8.77 Å². The molecule has 1 atom stereocenters. The van der Waals surface area contributed by atoms with Crippen LogP contribution >= 0.6 is 19.1 Å². The fourth-order valence-electron chi connectivity index (χ4n) is 0. The van der Waals surface area contributed by atoms with Gasteiger partial charge in [-0.1, -0.05) is 15.4 Å². The average Bonchev–Trinajstić information content (AvgIpc) is 1.35. The molecule has 0 aliphatic heterocycles. The van der Waals surface area contributed by atoms with E-state index in [2.05, 4.69) is 8.44 Å². The summed E-state index contributed by atoms with van der Waals surface area (Å²) in [5, 5.41) is 0. The van der Waals surface area contributed by atoms with E-state index in [0.29, 0.717) is 5.75 Å². The van der Waals surface area contributed by atoms with Crippen molar-refractivity contribution in [1.82, 2.24) is 0 Å². The summed E-state index contributed by atoms with van der Waals surface area (Å²) in [7, 11) is 5.09. The molecule has 0 radical (unpaired) electrons. The van der Waals surface area contributed by atoms with Crippen LogP contribution in [0.15, 0.2) is 0 Å². The molecule has 0 aliphatic rings. The molecule has 4 heteroatoms. The monoisotopic (exact) mass is 146 g/mol. The van der Waals surface area contributed by atoms with Crippen LogP contribution in [0.5, 0.6) is 0 Å². The summed E-state index contributed by atoms with van der Waals surface area (Å²) < 4.78 is 10.3. The fourth-order valence-corrected chi connectivity index (χ4v) is 0. The topological polar surface area (TPSA) is 17.1 Å². The molecule has 0 fully saturated rings. The Kier molecular flexibility index (Phi) is 2.57. The van der Waals surface area contributed by atoms with Gasteiger partial charge >= 0.3 is 0 Å². The van der Waals surface area contributed by atoms with E-state index >= 15 is 0 Å². The minimum absolute atomic E-state index is 0.555.